The lowest BCUT2D eigenvalue weighted by molar-refractivity contribution is -0.0430. The standard InChI is InChI=1S/C14H19NO4/c1-14(2)15(13(17)18)11(9-19-14)8-12(16)10-6-4-3-5-7-10/h3-7,11-12,16H,8-9H2,1-2H3,(H,17,18)/t11-,12+/m0/s1. The lowest BCUT2D eigenvalue weighted by Gasteiger charge is -2.31. The topological polar surface area (TPSA) is 70.0 Å². The second-order valence-corrected chi connectivity index (χ2v) is 5.23. The Balaban J connectivity index is 2.09. The second-order valence-electron chi connectivity index (χ2n) is 5.23. The molecule has 1 aromatic carbocycles. The van der Waals surface area contributed by atoms with E-state index in [2.05, 4.69) is 0 Å². The quantitative estimate of drug-likeness (QED) is 0.879. The van der Waals surface area contributed by atoms with Crippen molar-refractivity contribution in [2.45, 2.75) is 38.1 Å². The van der Waals surface area contributed by atoms with Gasteiger partial charge in [-0.1, -0.05) is 30.3 Å². The van der Waals surface area contributed by atoms with Gasteiger partial charge in [0.1, 0.15) is 5.72 Å². The number of amides is 1. The molecule has 0 unspecified atom stereocenters. The Labute approximate surface area is 112 Å². The number of ether oxygens (including phenoxy) is 1. The molecule has 1 aromatic rings. The van der Waals surface area contributed by atoms with Crippen molar-refractivity contribution in [3.8, 4) is 0 Å². The van der Waals surface area contributed by atoms with E-state index in [1.165, 1.54) is 4.90 Å². The van der Waals surface area contributed by atoms with Gasteiger partial charge >= 0.3 is 6.09 Å². The van der Waals surface area contributed by atoms with Gasteiger partial charge in [-0.2, -0.15) is 0 Å². The van der Waals surface area contributed by atoms with Gasteiger partial charge in [-0.3, -0.25) is 4.90 Å². The molecule has 5 heteroatoms. The molecule has 1 fully saturated rings. The summed E-state index contributed by atoms with van der Waals surface area (Å²) in [5.74, 6) is 0. The van der Waals surface area contributed by atoms with Crippen LogP contribution in [0.5, 0.6) is 0 Å². The second kappa shape index (κ2) is 5.19. The van der Waals surface area contributed by atoms with E-state index >= 15 is 0 Å². The molecule has 0 spiro atoms. The summed E-state index contributed by atoms with van der Waals surface area (Å²) in [5.41, 5.74) is -0.0510. The molecular formula is C14H19NO4. The minimum Gasteiger partial charge on any atom is -0.465 e. The lowest BCUT2D eigenvalue weighted by atomic mass is 10.0. The summed E-state index contributed by atoms with van der Waals surface area (Å²) in [6.07, 6.45) is -1.38. The molecule has 104 valence electrons. The zero-order valence-electron chi connectivity index (χ0n) is 11.1. The molecule has 2 N–H and O–H groups in total. The molecule has 1 aliphatic rings. The summed E-state index contributed by atoms with van der Waals surface area (Å²) in [4.78, 5) is 12.6. The van der Waals surface area contributed by atoms with Crippen LogP contribution in [0.4, 0.5) is 4.79 Å². The molecule has 0 aliphatic carbocycles. The van der Waals surface area contributed by atoms with E-state index < -0.39 is 17.9 Å². The highest BCUT2D eigenvalue weighted by Crippen LogP contribution is 2.32. The first-order valence-corrected chi connectivity index (χ1v) is 6.31. The third-order valence-electron chi connectivity index (χ3n) is 3.46. The summed E-state index contributed by atoms with van der Waals surface area (Å²) in [5, 5.41) is 19.4. The largest absolute Gasteiger partial charge is 0.465 e. The summed E-state index contributed by atoms with van der Waals surface area (Å²) < 4.78 is 5.50. The van der Waals surface area contributed by atoms with Crippen LogP contribution in [-0.4, -0.2) is 39.6 Å². The fraction of sp³-hybridized carbons (Fsp3) is 0.500. The highest BCUT2D eigenvalue weighted by atomic mass is 16.5. The van der Waals surface area contributed by atoms with E-state index in [-0.39, 0.29) is 6.04 Å². The minimum atomic E-state index is -1.02. The van der Waals surface area contributed by atoms with Gasteiger partial charge in [-0.15, -0.1) is 0 Å². The molecule has 1 aliphatic heterocycles. The smallest absolute Gasteiger partial charge is 0.409 e. The highest BCUT2D eigenvalue weighted by molar-refractivity contribution is 5.66. The molecule has 1 heterocycles. The SMILES string of the molecule is CC1(C)OC[C@H](C[C@@H](O)c2ccccc2)N1C(=O)O. The van der Waals surface area contributed by atoms with E-state index in [4.69, 9.17) is 4.74 Å². The van der Waals surface area contributed by atoms with Crippen molar-refractivity contribution in [1.29, 1.82) is 0 Å². The molecule has 0 bridgehead atoms. The number of hydrogen-bond donors (Lipinski definition) is 2. The molecule has 2 atom stereocenters. The molecule has 2 rings (SSSR count). The van der Waals surface area contributed by atoms with Crippen molar-refractivity contribution in [2.24, 2.45) is 0 Å². The average Bonchev–Trinajstić information content (AvgIpc) is 2.65. The van der Waals surface area contributed by atoms with Gasteiger partial charge in [0.2, 0.25) is 0 Å². The van der Waals surface area contributed by atoms with Crippen LogP contribution in [0.3, 0.4) is 0 Å². The Morgan fingerprint density at radius 3 is 2.68 bits per heavy atom. The van der Waals surface area contributed by atoms with Crippen LogP contribution >= 0.6 is 0 Å². The fourth-order valence-electron chi connectivity index (χ4n) is 2.51. The Bertz CT molecular complexity index is 446. The summed E-state index contributed by atoms with van der Waals surface area (Å²) in [7, 11) is 0. The highest BCUT2D eigenvalue weighted by Gasteiger charge is 2.44. The third kappa shape index (κ3) is 2.88. The van der Waals surface area contributed by atoms with Gasteiger partial charge in [0.15, 0.2) is 0 Å². The number of carboxylic acid groups (broad SMARTS) is 1. The number of carbonyl (C=O) groups is 1. The Morgan fingerprint density at radius 2 is 2.11 bits per heavy atom. The number of hydrogen-bond acceptors (Lipinski definition) is 3. The normalized spacial score (nSPS) is 23.3. The van der Waals surface area contributed by atoms with E-state index in [9.17, 15) is 15.0 Å². The Morgan fingerprint density at radius 1 is 1.47 bits per heavy atom. The zero-order valence-corrected chi connectivity index (χ0v) is 11.1. The number of rotatable bonds is 3. The summed E-state index contributed by atoms with van der Waals surface area (Å²) in [6.45, 7) is 3.75. The molecule has 19 heavy (non-hydrogen) atoms. The third-order valence-corrected chi connectivity index (χ3v) is 3.46. The first kappa shape index (κ1) is 13.8. The molecule has 1 amide bonds. The fourth-order valence-corrected chi connectivity index (χ4v) is 2.51. The van der Waals surface area contributed by atoms with Crippen molar-refractivity contribution in [3.63, 3.8) is 0 Å². The minimum absolute atomic E-state index is 0.309. The van der Waals surface area contributed by atoms with Crippen LogP contribution in [0.2, 0.25) is 0 Å². The van der Waals surface area contributed by atoms with Gasteiger partial charge in [-0.05, 0) is 19.4 Å². The molecule has 5 nitrogen and oxygen atoms in total. The van der Waals surface area contributed by atoms with E-state index in [1.807, 2.05) is 30.3 Å². The predicted molar refractivity (Wildman–Crippen MR) is 69.7 cm³/mol. The molecular weight excluding hydrogens is 246 g/mol. The molecule has 1 saturated heterocycles. The molecule has 0 radical (unpaired) electrons. The number of benzene rings is 1. The number of aliphatic hydroxyl groups is 1. The van der Waals surface area contributed by atoms with Crippen LogP contribution in [0.25, 0.3) is 0 Å². The maximum absolute atomic E-state index is 11.3. The van der Waals surface area contributed by atoms with Gasteiger partial charge in [-0.25, -0.2) is 4.79 Å². The van der Waals surface area contributed by atoms with Crippen LogP contribution in [0, 0.1) is 0 Å². The number of aliphatic hydroxyl groups excluding tert-OH is 1. The summed E-state index contributed by atoms with van der Waals surface area (Å²) >= 11 is 0. The first-order chi connectivity index (χ1) is 8.92. The van der Waals surface area contributed by atoms with E-state index in [0.29, 0.717) is 13.0 Å². The zero-order chi connectivity index (χ0) is 14.0. The van der Waals surface area contributed by atoms with Crippen molar-refractivity contribution >= 4 is 6.09 Å². The average molecular weight is 265 g/mol. The number of nitrogens with zero attached hydrogens (tertiary/aromatic N) is 1. The first-order valence-electron chi connectivity index (χ1n) is 6.31. The van der Waals surface area contributed by atoms with Crippen LogP contribution in [0.1, 0.15) is 31.9 Å². The van der Waals surface area contributed by atoms with Crippen molar-refractivity contribution in [2.75, 3.05) is 6.61 Å². The van der Waals surface area contributed by atoms with Crippen LogP contribution in [-0.2, 0) is 4.74 Å². The Hall–Kier alpha value is -1.59. The van der Waals surface area contributed by atoms with E-state index in [1.54, 1.807) is 13.8 Å². The van der Waals surface area contributed by atoms with Crippen LogP contribution in [0.15, 0.2) is 30.3 Å². The van der Waals surface area contributed by atoms with Gasteiger partial charge in [0, 0.05) is 6.42 Å². The van der Waals surface area contributed by atoms with Gasteiger partial charge in [0.25, 0.3) is 0 Å². The lowest BCUT2D eigenvalue weighted by Crippen LogP contribution is -2.47. The van der Waals surface area contributed by atoms with Gasteiger partial charge in [0.05, 0.1) is 18.8 Å². The van der Waals surface area contributed by atoms with Crippen molar-refractivity contribution < 1.29 is 19.7 Å². The predicted octanol–water partition coefficient (Wildman–Crippen LogP) is 2.23. The Kier molecular flexibility index (Phi) is 3.78. The maximum Gasteiger partial charge on any atom is 0.409 e. The maximum atomic E-state index is 11.3. The van der Waals surface area contributed by atoms with Crippen molar-refractivity contribution in [3.05, 3.63) is 35.9 Å². The molecule has 0 saturated carbocycles. The monoisotopic (exact) mass is 265 g/mol. The van der Waals surface area contributed by atoms with Gasteiger partial charge < -0.3 is 14.9 Å². The summed E-state index contributed by atoms with van der Waals surface area (Å²) in [6, 6.07) is 8.91. The van der Waals surface area contributed by atoms with Crippen molar-refractivity contribution in [1.82, 2.24) is 4.90 Å². The van der Waals surface area contributed by atoms with Crippen LogP contribution < -0.4 is 0 Å². The van der Waals surface area contributed by atoms with E-state index in [0.717, 1.165) is 5.56 Å². The molecule has 0 aromatic heterocycles.